The van der Waals surface area contributed by atoms with E-state index in [2.05, 4.69) is 18.2 Å². The molecule has 0 amide bonds. The van der Waals surface area contributed by atoms with Gasteiger partial charge in [0.15, 0.2) is 0 Å². The number of carboxylic acids is 1. The van der Waals surface area contributed by atoms with Gasteiger partial charge in [0.1, 0.15) is 11.8 Å². The summed E-state index contributed by atoms with van der Waals surface area (Å²) in [6.45, 7) is 0. The molecular weight excluding hydrogens is 326 g/mol. The Kier molecular flexibility index (Phi) is 7.40. The van der Waals surface area contributed by atoms with Crippen molar-refractivity contribution in [2.24, 2.45) is 5.73 Å². The Morgan fingerprint density at radius 3 is 2.04 bits per heavy atom. The molecule has 3 aromatic carbocycles. The summed E-state index contributed by atoms with van der Waals surface area (Å²) in [5.41, 5.74) is 8.62. The summed E-state index contributed by atoms with van der Waals surface area (Å²) < 4.78 is 5.30. The molecule has 4 nitrogen and oxygen atoms in total. The number of rotatable bonds is 5. The number of para-hydroxylation sites is 1. The average molecular weight is 349 g/mol. The normalized spacial score (nSPS) is 11.0. The molecule has 134 valence electrons. The third-order valence-electron chi connectivity index (χ3n) is 3.81. The fraction of sp³-hybridized carbons (Fsp3) is 0.136. The van der Waals surface area contributed by atoms with E-state index in [-0.39, 0.29) is 0 Å². The van der Waals surface area contributed by atoms with Gasteiger partial charge in [0.05, 0.1) is 7.11 Å². The zero-order valence-corrected chi connectivity index (χ0v) is 14.7. The zero-order valence-electron chi connectivity index (χ0n) is 14.7. The molecule has 0 fully saturated rings. The highest BCUT2D eigenvalue weighted by Gasteiger charge is 2.10. The monoisotopic (exact) mass is 349 g/mol. The molecule has 4 heteroatoms. The van der Waals surface area contributed by atoms with Gasteiger partial charge in [0.2, 0.25) is 0 Å². The Bertz CT molecular complexity index is 804. The standard InChI is InChI=1S/C13H12O.C9H11NO2/c1-14-13-10-6-5-9-12(13)11-7-3-2-4-8-11;10-8(9(11)12)6-7-4-2-1-3-5-7/h2-10H,1H3;1-5,8H,6,10H2,(H,11,12). The van der Waals surface area contributed by atoms with Crippen LogP contribution in [0.4, 0.5) is 0 Å². The van der Waals surface area contributed by atoms with Gasteiger partial charge in [-0.15, -0.1) is 0 Å². The molecule has 26 heavy (non-hydrogen) atoms. The first-order chi connectivity index (χ1) is 12.6. The van der Waals surface area contributed by atoms with Gasteiger partial charge in [-0.2, -0.15) is 0 Å². The predicted octanol–water partition coefficient (Wildman–Crippen LogP) is 4.00. The van der Waals surface area contributed by atoms with E-state index in [1.54, 1.807) is 7.11 Å². The van der Waals surface area contributed by atoms with Crippen LogP contribution in [0.1, 0.15) is 5.56 Å². The van der Waals surface area contributed by atoms with Gasteiger partial charge in [-0.3, -0.25) is 4.79 Å². The molecular formula is C22H23NO3. The quantitative estimate of drug-likeness (QED) is 0.730. The first-order valence-corrected chi connectivity index (χ1v) is 8.32. The van der Waals surface area contributed by atoms with Gasteiger partial charge < -0.3 is 15.6 Å². The minimum Gasteiger partial charge on any atom is -0.496 e. The van der Waals surface area contributed by atoms with Gasteiger partial charge in [-0.1, -0.05) is 78.9 Å². The maximum Gasteiger partial charge on any atom is 0.320 e. The Labute approximate surface area is 153 Å². The van der Waals surface area contributed by atoms with E-state index in [0.717, 1.165) is 16.9 Å². The van der Waals surface area contributed by atoms with E-state index < -0.39 is 12.0 Å². The molecule has 3 aromatic rings. The van der Waals surface area contributed by atoms with Crippen molar-refractivity contribution in [1.29, 1.82) is 0 Å². The number of ether oxygens (including phenoxy) is 1. The number of nitrogens with two attached hydrogens (primary N) is 1. The second kappa shape index (κ2) is 10.0. The van der Waals surface area contributed by atoms with E-state index in [9.17, 15) is 4.79 Å². The van der Waals surface area contributed by atoms with Crippen molar-refractivity contribution in [3.05, 3.63) is 90.5 Å². The lowest BCUT2D eigenvalue weighted by molar-refractivity contribution is -0.138. The third-order valence-corrected chi connectivity index (χ3v) is 3.81. The van der Waals surface area contributed by atoms with Crippen molar-refractivity contribution in [2.75, 3.05) is 7.11 Å². The van der Waals surface area contributed by atoms with E-state index in [4.69, 9.17) is 15.6 Å². The van der Waals surface area contributed by atoms with E-state index in [1.807, 2.05) is 66.7 Å². The van der Waals surface area contributed by atoms with Crippen molar-refractivity contribution in [3.8, 4) is 16.9 Å². The number of benzene rings is 3. The van der Waals surface area contributed by atoms with Gasteiger partial charge in [0, 0.05) is 5.56 Å². The van der Waals surface area contributed by atoms with E-state index >= 15 is 0 Å². The minimum atomic E-state index is -0.959. The van der Waals surface area contributed by atoms with Gasteiger partial charge >= 0.3 is 5.97 Å². The second-order valence-corrected chi connectivity index (χ2v) is 5.70. The van der Waals surface area contributed by atoms with Gasteiger partial charge in [0.25, 0.3) is 0 Å². The molecule has 3 rings (SSSR count). The topological polar surface area (TPSA) is 72.5 Å². The molecule has 1 unspecified atom stereocenters. The number of carbonyl (C=O) groups is 1. The maximum atomic E-state index is 10.4. The fourth-order valence-corrected chi connectivity index (χ4v) is 2.46. The van der Waals surface area contributed by atoms with Gasteiger partial charge in [-0.25, -0.2) is 0 Å². The predicted molar refractivity (Wildman–Crippen MR) is 104 cm³/mol. The van der Waals surface area contributed by atoms with Crippen molar-refractivity contribution in [3.63, 3.8) is 0 Å². The van der Waals surface area contributed by atoms with Crippen molar-refractivity contribution >= 4 is 5.97 Å². The number of aliphatic carboxylic acids is 1. The number of carboxylic acid groups (broad SMARTS) is 1. The Hall–Kier alpha value is -3.11. The Balaban J connectivity index is 0.000000190. The van der Waals surface area contributed by atoms with Crippen LogP contribution < -0.4 is 10.5 Å². The minimum absolute atomic E-state index is 0.385. The summed E-state index contributed by atoms with van der Waals surface area (Å²) >= 11 is 0. The fourth-order valence-electron chi connectivity index (χ4n) is 2.46. The first-order valence-electron chi connectivity index (χ1n) is 8.32. The smallest absolute Gasteiger partial charge is 0.320 e. The SMILES string of the molecule is COc1ccccc1-c1ccccc1.NC(Cc1ccccc1)C(=O)O. The highest BCUT2D eigenvalue weighted by atomic mass is 16.5. The maximum absolute atomic E-state index is 10.4. The van der Waals surface area contributed by atoms with Crippen LogP contribution in [0.15, 0.2) is 84.9 Å². The van der Waals surface area contributed by atoms with Gasteiger partial charge in [-0.05, 0) is 23.6 Å². The number of hydrogen-bond acceptors (Lipinski definition) is 3. The first kappa shape index (κ1) is 19.2. The summed E-state index contributed by atoms with van der Waals surface area (Å²) in [6.07, 6.45) is 0.385. The Morgan fingerprint density at radius 2 is 1.46 bits per heavy atom. The van der Waals surface area contributed by atoms with Crippen LogP contribution in [0.2, 0.25) is 0 Å². The molecule has 0 radical (unpaired) electrons. The zero-order chi connectivity index (χ0) is 18.8. The van der Waals surface area contributed by atoms with Crippen LogP contribution in [-0.2, 0) is 11.2 Å². The molecule has 1 atom stereocenters. The van der Waals surface area contributed by atoms with Crippen LogP contribution in [0.3, 0.4) is 0 Å². The van der Waals surface area contributed by atoms with E-state index in [1.165, 1.54) is 5.56 Å². The average Bonchev–Trinajstić information content (AvgIpc) is 2.70. The number of hydrogen-bond donors (Lipinski definition) is 2. The number of methoxy groups -OCH3 is 1. The lowest BCUT2D eigenvalue weighted by Crippen LogP contribution is -2.32. The van der Waals surface area contributed by atoms with E-state index in [0.29, 0.717) is 6.42 Å². The highest BCUT2D eigenvalue weighted by Crippen LogP contribution is 2.28. The van der Waals surface area contributed by atoms with Crippen LogP contribution >= 0.6 is 0 Å². The van der Waals surface area contributed by atoms with Crippen molar-refractivity contribution < 1.29 is 14.6 Å². The summed E-state index contributed by atoms with van der Waals surface area (Å²) in [5.74, 6) is -0.0439. The molecule has 0 spiro atoms. The molecule has 0 aliphatic rings. The lowest BCUT2D eigenvalue weighted by atomic mass is 10.1. The molecule has 0 saturated heterocycles. The Morgan fingerprint density at radius 1 is 0.923 bits per heavy atom. The highest BCUT2D eigenvalue weighted by molar-refractivity contribution is 5.73. The summed E-state index contributed by atoms with van der Waals surface area (Å²) in [7, 11) is 1.70. The van der Waals surface area contributed by atoms with Crippen LogP contribution in [0, 0.1) is 0 Å². The van der Waals surface area contributed by atoms with Crippen LogP contribution in [0.25, 0.3) is 11.1 Å². The molecule has 0 aromatic heterocycles. The second-order valence-electron chi connectivity index (χ2n) is 5.70. The molecule has 3 N–H and O–H groups in total. The molecule has 0 aliphatic carbocycles. The summed E-state index contributed by atoms with van der Waals surface area (Å²) in [5, 5.41) is 8.52. The molecule has 0 heterocycles. The van der Waals surface area contributed by atoms with Crippen LogP contribution in [-0.4, -0.2) is 24.2 Å². The van der Waals surface area contributed by atoms with Crippen LogP contribution in [0.5, 0.6) is 5.75 Å². The van der Waals surface area contributed by atoms with Crippen molar-refractivity contribution in [1.82, 2.24) is 0 Å². The molecule has 0 aliphatic heterocycles. The summed E-state index contributed by atoms with van der Waals surface area (Å²) in [6, 6.07) is 26.8. The van der Waals surface area contributed by atoms with Crippen molar-refractivity contribution in [2.45, 2.75) is 12.5 Å². The largest absolute Gasteiger partial charge is 0.496 e. The molecule has 0 bridgehead atoms. The summed E-state index contributed by atoms with van der Waals surface area (Å²) in [4.78, 5) is 10.4. The third kappa shape index (κ3) is 5.76. The lowest BCUT2D eigenvalue weighted by Gasteiger charge is -2.07. The molecule has 0 saturated carbocycles.